The van der Waals surface area contributed by atoms with E-state index in [2.05, 4.69) is 24.2 Å². The summed E-state index contributed by atoms with van der Waals surface area (Å²) in [4.78, 5) is 3.96. The summed E-state index contributed by atoms with van der Waals surface area (Å²) in [6, 6.07) is 0. The van der Waals surface area contributed by atoms with Gasteiger partial charge in [0.1, 0.15) is 0 Å². The Morgan fingerprint density at radius 1 is 1.75 bits per heavy atom. The number of amidine groups is 1. The lowest BCUT2D eigenvalue weighted by molar-refractivity contribution is 0.507. The van der Waals surface area contributed by atoms with Crippen LogP contribution in [0.3, 0.4) is 0 Å². The molecule has 0 unspecified atom stereocenters. The second-order valence-electron chi connectivity index (χ2n) is 2.62. The van der Waals surface area contributed by atoms with Crippen molar-refractivity contribution >= 4 is 16.9 Å². The minimum atomic E-state index is 0.0804. The topological polar surface area (TPSA) is 24.4 Å². The van der Waals surface area contributed by atoms with Crippen LogP contribution in [0.15, 0.2) is 4.99 Å². The van der Waals surface area contributed by atoms with Crippen LogP contribution in [0.1, 0.15) is 13.8 Å². The SMILES string of the molecule is CC1(C)CN=C(Cl)N1. The van der Waals surface area contributed by atoms with Crippen LogP contribution in [-0.4, -0.2) is 17.4 Å². The van der Waals surface area contributed by atoms with Crippen molar-refractivity contribution in [3.63, 3.8) is 0 Å². The van der Waals surface area contributed by atoms with Gasteiger partial charge in [-0.1, -0.05) is 0 Å². The highest BCUT2D eigenvalue weighted by Crippen LogP contribution is 2.09. The van der Waals surface area contributed by atoms with E-state index in [0.717, 1.165) is 6.54 Å². The third-order valence-corrected chi connectivity index (χ3v) is 1.27. The number of nitrogens with zero attached hydrogens (tertiary/aromatic N) is 1. The van der Waals surface area contributed by atoms with Gasteiger partial charge in [-0.05, 0) is 25.4 Å². The Bertz CT molecular complexity index is 128. The molecule has 0 radical (unpaired) electrons. The van der Waals surface area contributed by atoms with Crippen LogP contribution in [0.5, 0.6) is 0 Å². The molecular formula is C5H9ClN2. The number of halogens is 1. The predicted molar refractivity (Wildman–Crippen MR) is 35.4 cm³/mol. The predicted octanol–water partition coefficient (Wildman–Crippen LogP) is 0.963. The van der Waals surface area contributed by atoms with Crippen molar-refractivity contribution in [3.8, 4) is 0 Å². The van der Waals surface area contributed by atoms with Crippen LogP contribution in [0.25, 0.3) is 0 Å². The van der Waals surface area contributed by atoms with Gasteiger partial charge in [0, 0.05) is 0 Å². The highest BCUT2D eigenvalue weighted by Gasteiger charge is 2.22. The first kappa shape index (κ1) is 5.89. The molecule has 0 aromatic rings. The first-order chi connectivity index (χ1) is 3.60. The molecule has 0 aromatic carbocycles. The highest BCUT2D eigenvalue weighted by atomic mass is 35.5. The van der Waals surface area contributed by atoms with Crippen LogP contribution in [0.4, 0.5) is 0 Å². The van der Waals surface area contributed by atoms with Crippen molar-refractivity contribution in [2.45, 2.75) is 19.4 Å². The monoisotopic (exact) mass is 132 g/mol. The molecule has 0 saturated carbocycles. The first-order valence-corrected chi connectivity index (χ1v) is 2.96. The molecule has 1 rings (SSSR count). The second kappa shape index (κ2) is 1.62. The summed E-state index contributed by atoms with van der Waals surface area (Å²) in [6.45, 7) is 4.91. The molecule has 0 spiro atoms. The standard InChI is InChI=1S/C5H9ClN2/c1-5(2)3-7-4(6)8-5/h3H2,1-2H3,(H,7,8). The van der Waals surface area contributed by atoms with Gasteiger partial charge in [-0.2, -0.15) is 0 Å². The van der Waals surface area contributed by atoms with Gasteiger partial charge < -0.3 is 5.32 Å². The van der Waals surface area contributed by atoms with Crippen LogP contribution < -0.4 is 5.32 Å². The van der Waals surface area contributed by atoms with E-state index < -0.39 is 0 Å². The molecule has 0 amide bonds. The lowest BCUT2D eigenvalue weighted by Crippen LogP contribution is -2.37. The average molecular weight is 133 g/mol. The lowest BCUT2D eigenvalue weighted by atomic mass is 10.1. The fourth-order valence-electron chi connectivity index (χ4n) is 0.625. The van der Waals surface area contributed by atoms with Crippen LogP contribution >= 0.6 is 11.6 Å². The van der Waals surface area contributed by atoms with Crippen molar-refractivity contribution in [1.82, 2.24) is 5.32 Å². The Morgan fingerprint density at radius 3 is 2.50 bits per heavy atom. The van der Waals surface area contributed by atoms with Crippen LogP contribution in [-0.2, 0) is 0 Å². The minimum absolute atomic E-state index is 0.0804. The zero-order valence-electron chi connectivity index (χ0n) is 5.03. The smallest absolute Gasteiger partial charge is 0.191 e. The van der Waals surface area contributed by atoms with Gasteiger partial charge in [0.05, 0.1) is 12.1 Å². The molecule has 1 N–H and O–H groups in total. The largest absolute Gasteiger partial charge is 0.354 e. The molecule has 1 aliphatic heterocycles. The third kappa shape index (κ3) is 1.13. The third-order valence-electron chi connectivity index (χ3n) is 1.05. The molecule has 0 saturated heterocycles. The maximum absolute atomic E-state index is 5.54. The molecule has 1 heterocycles. The Balaban J connectivity index is 2.55. The Labute approximate surface area is 53.9 Å². The molecule has 46 valence electrons. The summed E-state index contributed by atoms with van der Waals surface area (Å²) in [6.07, 6.45) is 0. The van der Waals surface area contributed by atoms with E-state index in [4.69, 9.17) is 11.6 Å². The van der Waals surface area contributed by atoms with E-state index in [1.165, 1.54) is 0 Å². The zero-order valence-corrected chi connectivity index (χ0v) is 5.79. The van der Waals surface area contributed by atoms with E-state index in [1.807, 2.05) is 0 Å². The van der Waals surface area contributed by atoms with Gasteiger partial charge >= 0.3 is 0 Å². The summed E-state index contributed by atoms with van der Waals surface area (Å²) in [7, 11) is 0. The molecule has 3 heteroatoms. The summed E-state index contributed by atoms with van der Waals surface area (Å²) >= 11 is 5.54. The number of nitrogens with one attached hydrogen (secondary N) is 1. The van der Waals surface area contributed by atoms with Crippen molar-refractivity contribution in [2.75, 3.05) is 6.54 Å². The van der Waals surface area contributed by atoms with Gasteiger partial charge in [0.2, 0.25) is 0 Å². The van der Waals surface area contributed by atoms with Gasteiger partial charge in [-0.3, -0.25) is 4.99 Å². The molecule has 2 nitrogen and oxygen atoms in total. The summed E-state index contributed by atoms with van der Waals surface area (Å²) in [5, 5.41) is 3.55. The van der Waals surface area contributed by atoms with Crippen molar-refractivity contribution in [1.29, 1.82) is 0 Å². The molecular weight excluding hydrogens is 124 g/mol. The molecule has 8 heavy (non-hydrogen) atoms. The van der Waals surface area contributed by atoms with Gasteiger partial charge in [0.25, 0.3) is 0 Å². The summed E-state index contributed by atoms with van der Waals surface area (Å²) in [5.41, 5.74) is 0.0804. The van der Waals surface area contributed by atoms with E-state index in [-0.39, 0.29) is 5.54 Å². The maximum Gasteiger partial charge on any atom is 0.191 e. The van der Waals surface area contributed by atoms with Crippen molar-refractivity contribution < 1.29 is 0 Å². The number of aliphatic imine (C=N–C) groups is 1. The van der Waals surface area contributed by atoms with Crippen LogP contribution in [0, 0.1) is 0 Å². The molecule has 0 bridgehead atoms. The Morgan fingerprint density at radius 2 is 2.38 bits per heavy atom. The lowest BCUT2D eigenvalue weighted by Gasteiger charge is -2.15. The van der Waals surface area contributed by atoms with Gasteiger partial charge in [-0.15, -0.1) is 0 Å². The average Bonchev–Trinajstić information content (AvgIpc) is 1.82. The van der Waals surface area contributed by atoms with Gasteiger partial charge in [-0.25, -0.2) is 0 Å². The molecule has 1 aliphatic rings. The van der Waals surface area contributed by atoms with Crippen molar-refractivity contribution in [3.05, 3.63) is 0 Å². The van der Waals surface area contributed by atoms with Crippen molar-refractivity contribution in [2.24, 2.45) is 4.99 Å². The maximum atomic E-state index is 5.54. The molecule has 0 aliphatic carbocycles. The fourth-order valence-corrected chi connectivity index (χ4v) is 0.941. The number of hydrogen-bond donors (Lipinski definition) is 1. The Hall–Kier alpha value is -0.240. The van der Waals surface area contributed by atoms with E-state index in [9.17, 15) is 0 Å². The van der Waals surface area contributed by atoms with Gasteiger partial charge in [0.15, 0.2) is 5.29 Å². The highest BCUT2D eigenvalue weighted by molar-refractivity contribution is 6.65. The first-order valence-electron chi connectivity index (χ1n) is 2.58. The van der Waals surface area contributed by atoms with Crippen LogP contribution in [0.2, 0.25) is 0 Å². The zero-order chi connectivity index (χ0) is 6.20. The fraction of sp³-hybridized carbons (Fsp3) is 0.800. The van der Waals surface area contributed by atoms with E-state index >= 15 is 0 Å². The number of rotatable bonds is 0. The molecule has 0 fully saturated rings. The molecule has 0 atom stereocenters. The summed E-state index contributed by atoms with van der Waals surface area (Å²) < 4.78 is 0. The second-order valence-corrected chi connectivity index (χ2v) is 2.97. The Kier molecular flexibility index (Phi) is 1.19. The summed E-state index contributed by atoms with van der Waals surface area (Å²) in [5.74, 6) is 0. The normalized spacial score (nSPS) is 24.6. The van der Waals surface area contributed by atoms with E-state index in [0.29, 0.717) is 5.29 Å². The van der Waals surface area contributed by atoms with E-state index in [1.54, 1.807) is 0 Å². The minimum Gasteiger partial charge on any atom is -0.354 e. The quantitative estimate of drug-likeness (QED) is 0.488. The number of hydrogen-bond acceptors (Lipinski definition) is 2. The molecule has 0 aromatic heterocycles.